The quantitative estimate of drug-likeness (QED) is 0.875. The van der Waals surface area contributed by atoms with Crippen LogP contribution in [-0.4, -0.2) is 24.9 Å². The first-order valence-electron chi connectivity index (χ1n) is 6.43. The van der Waals surface area contributed by atoms with Crippen molar-refractivity contribution in [1.29, 1.82) is 0 Å². The molecule has 3 rings (SSSR count). The molecular weight excluding hydrogens is 260 g/mol. The Hall–Kier alpha value is -1.46. The molecule has 2 unspecified atom stereocenters. The van der Waals surface area contributed by atoms with Gasteiger partial charge in [-0.1, -0.05) is 0 Å². The Balaban J connectivity index is 1.90. The van der Waals surface area contributed by atoms with Crippen LogP contribution in [-0.2, 0) is 4.79 Å². The van der Waals surface area contributed by atoms with Crippen LogP contribution in [0.15, 0.2) is 18.2 Å². The number of piperidine rings is 1. The Kier molecular flexibility index (Phi) is 3.48. The Bertz CT molecular complexity index is 596. The molecule has 0 radical (unpaired) electrons. The summed E-state index contributed by atoms with van der Waals surface area (Å²) >= 11 is 1.68. The number of carbonyl (C=O) groups is 1. The predicted molar refractivity (Wildman–Crippen MR) is 75.7 cm³/mol. The average Bonchev–Trinajstić information content (AvgIpc) is 2.90. The minimum Gasteiger partial charge on any atom is -0.497 e. The lowest BCUT2D eigenvalue weighted by molar-refractivity contribution is -0.112. The van der Waals surface area contributed by atoms with E-state index in [1.54, 1.807) is 18.4 Å². The van der Waals surface area contributed by atoms with Crippen LogP contribution in [0, 0.1) is 5.92 Å². The van der Waals surface area contributed by atoms with Crippen LogP contribution in [0.2, 0.25) is 0 Å². The fourth-order valence-corrected chi connectivity index (χ4v) is 3.54. The third-order valence-electron chi connectivity index (χ3n) is 3.55. The number of carbonyl (C=O) groups excluding carboxylic acids is 1. The van der Waals surface area contributed by atoms with Crippen LogP contribution in [0.1, 0.15) is 23.9 Å². The molecule has 1 fully saturated rings. The van der Waals surface area contributed by atoms with Crippen LogP contribution in [0.25, 0.3) is 10.2 Å². The van der Waals surface area contributed by atoms with Gasteiger partial charge in [0.15, 0.2) is 0 Å². The zero-order valence-corrected chi connectivity index (χ0v) is 11.6. The third kappa shape index (κ3) is 2.48. The number of thiazole rings is 1. The molecule has 0 aliphatic carbocycles. The number of hydrogen-bond acceptors (Lipinski definition) is 5. The Morgan fingerprint density at radius 3 is 3.21 bits per heavy atom. The summed E-state index contributed by atoms with van der Waals surface area (Å²) in [6.45, 7) is 0.882. The van der Waals surface area contributed by atoms with Crippen molar-refractivity contribution in [3.8, 4) is 5.75 Å². The maximum absolute atomic E-state index is 10.9. The van der Waals surface area contributed by atoms with Crippen molar-refractivity contribution in [2.75, 3.05) is 13.7 Å². The summed E-state index contributed by atoms with van der Waals surface area (Å²) < 4.78 is 6.36. The molecule has 1 saturated heterocycles. The minimum atomic E-state index is 0.160. The first-order valence-corrected chi connectivity index (χ1v) is 7.25. The van der Waals surface area contributed by atoms with Crippen LogP contribution in [0.5, 0.6) is 5.75 Å². The Labute approximate surface area is 115 Å². The maximum Gasteiger partial charge on any atom is 0.123 e. The van der Waals surface area contributed by atoms with E-state index in [0.717, 1.165) is 46.6 Å². The largest absolute Gasteiger partial charge is 0.497 e. The van der Waals surface area contributed by atoms with E-state index in [-0.39, 0.29) is 12.0 Å². The monoisotopic (exact) mass is 276 g/mol. The van der Waals surface area contributed by atoms with Gasteiger partial charge in [0.1, 0.15) is 17.0 Å². The molecule has 19 heavy (non-hydrogen) atoms. The number of aromatic nitrogens is 1. The molecule has 4 nitrogen and oxygen atoms in total. The molecule has 0 amide bonds. The van der Waals surface area contributed by atoms with Crippen molar-refractivity contribution in [2.24, 2.45) is 5.92 Å². The van der Waals surface area contributed by atoms with Gasteiger partial charge in [0, 0.05) is 5.92 Å². The SMILES string of the molecule is COc1ccc2nc(C3CC(C=O)CCN3)sc2c1. The number of rotatable bonds is 3. The van der Waals surface area contributed by atoms with Gasteiger partial charge in [-0.05, 0) is 37.6 Å². The number of hydrogen-bond donors (Lipinski definition) is 1. The van der Waals surface area contributed by atoms with E-state index in [1.165, 1.54) is 0 Å². The fourth-order valence-electron chi connectivity index (χ4n) is 2.46. The summed E-state index contributed by atoms with van der Waals surface area (Å²) in [7, 11) is 1.67. The number of ether oxygens (including phenoxy) is 1. The van der Waals surface area contributed by atoms with E-state index in [2.05, 4.69) is 10.3 Å². The van der Waals surface area contributed by atoms with E-state index in [0.29, 0.717) is 0 Å². The molecule has 0 spiro atoms. The zero-order valence-electron chi connectivity index (χ0n) is 10.8. The third-order valence-corrected chi connectivity index (χ3v) is 4.68. The first-order chi connectivity index (χ1) is 9.30. The molecular formula is C14H16N2O2S. The molecule has 2 heterocycles. The number of aldehydes is 1. The standard InChI is InChI=1S/C14H16N2O2S/c1-18-10-2-3-11-13(7-10)19-14(16-11)12-6-9(8-17)4-5-15-12/h2-3,7-9,12,15H,4-6H2,1H3. The molecule has 1 N–H and O–H groups in total. The smallest absolute Gasteiger partial charge is 0.123 e. The highest BCUT2D eigenvalue weighted by molar-refractivity contribution is 7.18. The lowest BCUT2D eigenvalue weighted by Gasteiger charge is -2.25. The van der Waals surface area contributed by atoms with Crippen LogP contribution >= 0.6 is 11.3 Å². The lowest BCUT2D eigenvalue weighted by Crippen LogP contribution is -2.32. The van der Waals surface area contributed by atoms with Crippen LogP contribution < -0.4 is 10.1 Å². The molecule has 1 aromatic heterocycles. The molecule has 0 saturated carbocycles. The first kappa shape index (κ1) is 12.6. The minimum absolute atomic E-state index is 0.160. The van der Waals surface area contributed by atoms with Gasteiger partial charge < -0.3 is 14.8 Å². The highest BCUT2D eigenvalue weighted by atomic mass is 32.1. The summed E-state index contributed by atoms with van der Waals surface area (Å²) in [5, 5.41) is 4.51. The summed E-state index contributed by atoms with van der Waals surface area (Å²) in [5.74, 6) is 1.01. The normalized spacial score (nSPS) is 23.4. The van der Waals surface area contributed by atoms with Crippen molar-refractivity contribution in [3.05, 3.63) is 23.2 Å². The van der Waals surface area contributed by atoms with Gasteiger partial charge in [-0.25, -0.2) is 4.98 Å². The van der Waals surface area contributed by atoms with Crippen molar-refractivity contribution in [2.45, 2.75) is 18.9 Å². The summed E-state index contributed by atoms with van der Waals surface area (Å²) in [5.41, 5.74) is 0.996. The van der Waals surface area contributed by atoms with E-state index in [9.17, 15) is 4.79 Å². The second-order valence-electron chi connectivity index (χ2n) is 4.81. The summed E-state index contributed by atoms with van der Waals surface area (Å²) in [6.07, 6.45) is 2.85. The van der Waals surface area contributed by atoms with Crippen molar-refractivity contribution in [3.63, 3.8) is 0 Å². The van der Waals surface area contributed by atoms with Gasteiger partial charge in [-0.15, -0.1) is 11.3 Å². The number of nitrogens with one attached hydrogen (secondary N) is 1. The van der Waals surface area contributed by atoms with Gasteiger partial charge in [0.25, 0.3) is 0 Å². The molecule has 1 aliphatic rings. The molecule has 1 aliphatic heterocycles. The predicted octanol–water partition coefficient (Wildman–Crippen LogP) is 2.54. The van der Waals surface area contributed by atoms with Crippen molar-refractivity contribution < 1.29 is 9.53 Å². The lowest BCUT2D eigenvalue weighted by atomic mass is 9.94. The molecule has 5 heteroatoms. The molecule has 2 atom stereocenters. The number of methoxy groups -OCH3 is 1. The summed E-state index contributed by atoms with van der Waals surface area (Å²) in [4.78, 5) is 15.6. The Morgan fingerprint density at radius 2 is 2.42 bits per heavy atom. The second-order valence-corrected chi connectivity index (χ2v) is 5.88. The number of nitrogens with zero attached hydrogens (tertiary/aromatic N) is 1. The van der Waals surface area contributed by atoms with E-state index in [1.807, 2.05) is 18.2 Å². The maximum atomic E-state index is 10.9. The fraction of sp³-hybridized carbons (Fsp3) is 0.429. The van der Waals surface area contributed by atoms with Crippen LogP contribution in [0.4, 0.5) is 0 Å². The van der Waals surface area contributed by atoms with Crippen molar-refractivity contribution >= 4 is 27.8 Å². The van der Waals surface area contributed by atoms with Gasteiger partial charge in [0.2, 0.25) is 0 Å². The molecule has 0 bridgehead atoms. The second kappa shape index (κ2) is 5.27. The highest BCUT2D eigenvalue weighted by Gasteiger charge is 2.24. The molecule has 100 valence electrons. The Morgan fingerprint density at radius 1 is 1.53 bits per heavy atom. The van der Waals surface area contributed by atoms with Crippen LogP contribution in [0.3, 0.4) is 0 Å². The highest BCUT2D eigenvalue weighted by Crippen LogP contribution is 2.33. The summed E-state index contributed by atoms with van der Waals surface area (Å²) in [6, 6.07) is 6.12. The van der Waals surface area contributed by atoms with Gasteiger partial charge in [-0.3, -0.25) is 0 Å². The number of benzene rings is 1. The van der Waals surface area contributed by atoms with Crippen molar-refractivity contribution in [1.82, 2.24) is 10.3 Å². The van der Waals surface area contributed by atoms with E-state index in [4.69, 9.17) is 4.74 Å². The average molecular weight is 276 g/mol. The molecule has 2 aromatic rings. The van der Waals surface area contributed by atoms with Gasteiger partial charge in [-0.2, -0.15) is 0 Å². The van der Waals surface area contributed by atoms with Gasteiger partial charge in [0.05, 0.1) is 23.4 Å². The molecule has 1 aromatic carbocycles. The van der Waals surface area contributed by atoms with E-state index >= 15 is 0 Å². The zero-order chi connectivity index (χ0) is 13.2. The topological polar surface area (TPSA) is 51.2 Å². The number of fused-ring (bicyclic) bond motifs is 1. The van der Waals surface area contributed by atoms with E-state index < -0.39 is 0 Å². The van der Waals surface area contributed by atoms with Gasteiger partial charge >= 0.3 is 0 Å².